The molecule has 11 heteroatoms. The summed E-state index contributed by atoms with van der Waals surface area (Å²) in [7, 11) is 1.44. The van der Waals surface area contributed by atoms with Crippen molar-refractivity contribution < 1.29 is 33.4 Å². The zero-order valence-corrected chi connectivity index (χ0v) is 21.6. The topological polar surface area (TPSA) is 105 Å². The average Bonchev–Trinajstić information content (AvgIpc) is 2.86. The summed E-state index contributed by atoms with van der Waals surface area (Å²) >= 11 is 8.61. The van der Waals surface area contributed by atoms with Crippen molar-refractivity contribution in [3.8, 4) is 11.5 Å². The molecule has 3 aromatic carbocycles. The number of hydrogen-bond acceptors (Lipinski definition) is 6. The highest BCUT2D eigenvalue weighted by molar-refractivity contribution is 9.10. The first kappa shape index (κ1) is 26.0. The number of carbonyl (C=O) groups excluding carboxylic acids is 2. The third kappa shape index (κ3) is 5.68. The molecule has 37 heavy (non-hydrogen) atoms. The number of anilines is 1. The van der Waals surface area contributed by atoms with Gasteiger partial charge in [-0.2, -0.15) is 0 Å². The Labute approximate surface area is 224 Å². The zero-order chi connectivity index (χ0) is 26.7. The number of carbonyl (C=O) groups is 3. The van der Waals surface area contributed by atoms with Crippen molar-refractivity contribution in [2.75, 3.05) is 12.0 Å². The third-order valence-corrected chi connectivity index (χ3v) is 6.19. The second kappa shape index (κ2) is 10.9. The van der Waals surface area contributed by atoms with Gasteiger partial charge in [-0.15, -0.1) is 0 Å². The van der Waals surface area contributed by atoms with Crippen molar-refractivity contribution in [3.63, 3.8) is 0 Å². The number of methoxy groups -OCH3 is 1. The van der Waals surface area contributed by atoms with Crippen molar-refractivity contribution in [1.29, 1.82) is 0 Å². The summed E-state index contributed by atoms with van der Waals surface area (Å²) in [5, 5.41) is 11.6. The SMILES string of the molecule is COc1cc(C=C2C(=O)NC(=S)N(c3cccc(C(=O)O)c3)C2=O)cc(Br)c1OCc1ccc(F)cc1. The van der Waals surface area contributed by atoms with E-state index in [2.05, 4.69) is 21.2 Å². The number of aromatic carboxylic acids is 1. The van der Waals surface area contributed by atoms with Gasteiger partial charge in [0.25, 0.3) is 11.8 Å². The molecule has 1 aliphatic heterocycles. The van der Waals surface area contributed by atoms with Crippen molar-refractivity contribution >= 4 is 62.8 Å². The van der Waals surface area contributed by atoms with Crippen LogP contribution >= 0.6 is 28.1 Å². The molecular formula is C26H18BrFN2O6S. The highest BCUT2D eigenvalue weighted by Crippen LogP contribution is 2.38. The summed E-state index contributed by atoms with van der Waals surface area (Å²) < 4.78 is 24.9. The molecule has 0 saturated carbocycles. The smallest absolute Gasteiger partial charge is 0.335 e. The summed E-state index contributed by atoms with van der Waals surface area (Å²) in [6.07, 6.45) is 1.37. The van der Waals surface area contributed by atoms with Gasteiger partial charge in [-0.3, -0.25) is 19.8 Å². The van der Waals surface area contributed by atoms with E-state index in [9.17, 15) is 23.9 Å². The van der Waals surface area contributed by atoms with Crippen LogP contribution in [0.5, 0.6) is 11.5 Å². The van der Waals surface area contributed by atoms with E-state index in [0.29, 0.717) is 21.5 Å². The van der Waals surface area contributed by atoms with E-state index >= 15 is 0 Å². The van der Waals surface area contributed by atoms with Crippen LogP contribution in [-0.4, -0.2) is 35.1 Å². The van der Waals surface area contributed by atoms with Crippen molar-refractivity contribution in [2.45, 2.75) is 6.61 Å². The Morgan fingerprint density at radius 2 is 1.89 bits per heavy atom. The van der Waals surface area contributed by atoms with Gasteiger partial charge in [0.05, 0.1) is 22.8 Å². The summed E-state index contributed by atoms with van der Waals surface area (Å²) in [6.45, 7) is 0.151. The Kier molecular flexibility index (Phi) is 7.65. The van der Waals surface area contributed by atoms with Gasteiger partial charge in [-0.25, -0.2) is 9.18 Å². The molecule has 2 amide bonds. The van der Waals surface area contributed by atoms with E-state index in [1.807, 2.05) is 0 Å². The lowest BCUT2D eigenvalue weighted by atomic mass is 10.1. The van der Waals surface area contributed by atoms with Crippen molar-refractivity contribution in [3.05, 3.63) is 93.2 Å². The quantitative estimate of drug-likeness (QED) is 0.235. The predicted octanol–water partition coefficient (Wildman–Crippen LogP) is 4.71. The van der Waals surface area contributed by atoms with Crippen LogP contribution < -0.4 is 19.7 Å². The van der Waals surface area contributed by atoms with Crippen molar-refractivity contribution in [2.24, 2.45) is 0 Å². The Hall–Kier alpha value is -4.09. The van der Waals surface area contributed by atoms with Crippen LogP contribution in [0.2, 0.25) is 0 Å². The van der Waals surface area contributed by atoms with Gasteiger partial charge in [-0.05, 0) is 87.8 Å². The second-order valence-electron chi connectivity index (χ2n) is 7.76. The number of thiocarbonyl (C=S) groups is 1. The van der Waals surface area contributed by atoms with Gasteiger partial charge >= 0.3 is 5.97 Å². The van der Waals surface area contributed by atoms with E-state index in [1.165, 1.54) is 49.6 Å². The number of halogens is 2. The molecule has 0 bridgehead atoms. The minimum absolute atomic E-state index is 0.0413. The lowest BCUT2D eigenvalue weighted by Crippen LogP contribution is -2.54. The van der Waals surface area contributed by atoms with Crippen LogP contribution in [0, 0.1) is 5.82 Å². The lowest BCUT2D eigenvalue weighted by molar-refractivity contribution is -0.122. The molecule has 0 radical (unpaired) electrons. The molecule has 2 N–H and O–H groups in total. The molecule has 1 fully saturated rings. The van der Waals surface area contributed by atoms with Crippen molar-refractivity contribution in [1.82, 2.24) is 5.32 Å². The number of benzene rings is 3. The molecule has 188 valence electrons. The Bertz CT molecular complexity index is 1460. The number of carboxylic acid groups (broad SMARTS) is 1. The monoisotopic (exact) mass is 584 g/mol. The van der Waals surface area contributed by atoms with E-state index in [4.69, 9.17) is 21.7 Å². The standard InChI is InChI=1S/C26H18BrFN2O6S/c1-35-21-11-15(10-20(27)22(21)36-13-14-5-7-17(28)8-6-14)9-19-23(31)29-26(37)30(24(19)32)18-4-2-3-16(12-18)25(33)34/h2-12H,13H2,1H3,(H,33,34)(H,29,31,37). The molecule has 8 nitrogen and oxygen atoms in total. The minimum atomic E-state index is -1.17. The molecule has 1 aliphatic rings. The van der Waals surface area contributed by atoms with Gasteiger partial charge < -0.3 is 14.6 Å². The Balaban J connectivity index is 1.64. The molecular weight excluding hydrogens is 567 g/mol. The summed E-state index contributed by atoms with van der Waals surface area (Å²) in [4.78, 5) is 38.4. The fraction of sp³-hybridized carbons (Fsp3) is 0.0769. The molecule has 0 aromatic heterocycles. The summed E-state index contributed by atoms with van der Waals surface area (Å²) in [6, 6.07) is 14.7. The predicted molar refractivity (Wildman–Crippen MR) is 141 cm³/mol. The number of nitrogens with zero attached hydrogens (tertiary/aromatic N) is 1. The third-order valence-electron chi connectivity index (χ3n) is 5.31. The van der Waals surface area contributed by atoms with Gasteiger partial charge in [0.2, 0.25) is 0 Å². The normalized spacial score (nSPS) is 14.5. The first-order valence-electron chi connectivity index (χ1n) is 10.7. The van der Waals surface area contributed by atoms with Crippen LogP contribution in [0.4, 0.5) is 10.1 Å². The largest absolute Gasteiger partial charge is 0.493 e. The first-order chi connectivity index (χ1) is 17.7. The maximum Gasteiger partial charge on any atom is 0.335 e. The number of hydrogen-bond donors (Lipinski definition) is 2. The van der Waals surface area contributed by atoms with Crippen LogP contribution in [0.15, 0.2) is 70.7 Å². The van der Waals surface area contributed by atoms with Gasteiger partial charge in [0.15, 0.2) is 16.6 Å². The summed E-state index contributed by atoms with van der Waals surface area (Å²) in [5.41, 5.74) is 1.13. The van der Waals surface area contributed by atoms with Crippen LogP contribution in [0.3, 0.4) is 0 Å². The fourth-order valence-electron chi connectivity index (χ4n) is 3.54. The Morgan fingerprint density at radius 3 is 2.57 bits per heavy atom. The molecule has 3 aromatic rings. The van der Waals surface area contributed by atoms with E-state index in [-0.39, 0.29) is 34.4 Å². The second-order valence-corrected chi connectivity index (χ2v) is 9.00. The van der Waals surface area contributed by atoms with Gasteiger partial charge in [-0.1, -0.05) is 18.2 Å². The zero-order valence-electron chi connectivity index (χ0n) is 19.2. The number of carboxylic acids is 1. The molecule has 1 saturated heterocycles. The number of amides is 2. The van der Waals surface area contributed by atoms with E-state index < -0.39 is 17.8 Å². The number of rotatable bonds is 7. The molecule has 0 unspecified atom stereocenters. The number of nitrogens with one attached hydrogen (secondary N) is 1. The highest BCUT2D eigenvalue weighted by Gasteiger charge is 2.34. The summed E-state index contributed by atoms with van der Waals surface area (Å²) in [5.74, 6) is -2.24. The lowest BCUT2D eigenvalue weighted by Gasteiger charge is -2.29. The first-order valence-corrected chi connectivity index (χ1v) is 11.9. The maximum atomic E-state index is 13.3. The molecule has 4 rings (SSSR count). The fourth-order valence-corrected chi connectivity index (χ4v) is 4.39. The molecule has 1 heterocycles. The molecule has 0 atom stereocenters. The number of ether oxygens (including phenoxy) is 2. The van der Waals surface area contributed by atoms with Crippen LogP contribution in [0.1, 0.15) is 21.5 Å². The van der Waals surface area contributed by atoms with E-state index in [1.54, 1.807) is 24.3 Å². The van der Waals surface area contributed by atoms with Gasteiger partial charge in [0, 0.05) is 0 Å². The van der Waals surface area contributed by atoms with E-state index in [0.717, 1.165) is 10.5 Å². The minimum Gasteiger partial charge on any atom is -0.493 e. The average molecular weight is 585 g/mol. The van der Waals surface area contributed by atoms with Crippen LogP contribution in [0.25, 0.3) is 6.08 Å². The van der Waals surface area contributed by atoms with Gasteiger partial charge in [0.1, 0.15) is 18.0 Å². The Morgan fingerprint density at radius 1 is 1.16 bits per heavy atom. The molecule has 0 aliphatic carbocycles. The maximum absolute atomic E-state index is 13.3. The van der Waals surface area contributed by atoms with Crippen LogP contribution in [-0.2, 0) is 16.2 Å². The highest BCUT2D eigenvalue weighted by atomic mass is 79.9. The molecule has 0 spiro atoms.